The summed E-state index contributed by atoms with van der Waals surface area (Å²) >= 11 is 11.8. The number of nitrogens with two attached hydrogens (primary N) is 1. The minimum absolute atomic E-state index is 0.411. The van der Waals surface area contributed by atoms with Crippen molar-refractivity contribution >= 4 is 29.0 Å². The standard InChI is InChI=1S/C11H10Cl2N2O/c1-2-9-10(16-15-11(9)14)6-3-7(12)5-8(13)4-6/h3-5H,2H2,1H3,(H2,14,15). The van der Waals surface area contributed by atoms with Gasteiger partial charge in [0.2, 0.25) is 0 Å². The van der Waals surface area contributed by atoms with Crippen molar-refractivity contribution < 1.29 is 4.52 Å². The maximum absolute atomic E-state index is 5.92. The van der Waals surface area contributed by atoms with Gasteiger partial charge in [-0.05, 0) is 24.6 Å². The van der Waals surface area contributed by atoms with Crippen molar-refractivity contribution in [2.45, 2.75) is 13.3 Å². The average molecular weight is 257 g/mol. The normalized spacial score (nSPS) is 10.7. The number of nitrogen functional groups attached to an aromatic ring is 1. The fraction of sp³-hybridized carbons (Fsp3) is 0.182. The Kier molecular flexibility index (Phi) is 3.08. The molecule has 0 radical (unpaired) electrons. The van der Waals surface area contributed by atoms with Crippen LogP contribution in [0.15, 0.2) is 22.7 Å². The molecule has 2 rings (SSSR count). The molecule has 2 aromatic rings. The molecule has 5 heteroatoms. The van der Waals surface area contributed by atoms with Gasteiger partial charge in [0.25, 0.3) is 0 Å². The van der Waals surface area contributed by atoms with E-state index in [2.05, 4.69) is 5.16 Å². The van der Waals surface area contributed by atoms with Crippen molar-refractivity contribution in [3.8, 4) is 11.3 Å². The lowest BCUT2D eigenvalue weighted by Crippen LogP contribution is -1.90. The van der Waals surface area contributed by atoms with Gasteiger partial charge in [-0.3, -0.25) is 0 Å². The van der Waals surface area contributed by atoms with E-state index in [1.807, 2.05) is 6.92 Å². The zero-order valence-electron chi connectivity index (χ0n) is 8.63. The molecule has 1 heterocycles. The number of aromatic nitrogens is 1. The molecule has 0 spiro atoms. The quantitative estimate of drug-likeness (QED) is 0.890. The molecule has 1 aromatic heterocycles. The molecule has 0 bridgehead atoms. The lowest BCUT2D eigenvalue weighted by Gasteiger charge is -2.01. The number of rotatable bonds is 2. The third-order valence-electron chi connectivity index (χ3n) is 2.30. The SMILES string of the molecule is CCc1c(N)noc1-c1cc(Cl)cc(Cl)c1. The number of nitrogens with zero attached hydrogens (tertiary/aromatic N) is 1. The van der Waals surface area contributed by atoms with Crippen LogP contribution in [0.25, 0.3) is 11.3 Å². The monoisotopic (exact) mass is 256 g/mol. The van der Waals surface area contributed by atoms with Gasteiger partial charge in [-0.15, -0.1) is 0 Å². The fourth-order valence-electron chi connectivity index (χ4n) is 1.57. The van der Waals surface area contributed by atoms with Crippen LogP contribution in [0.1, 0.15) is 12.5 Å². The Morgan fingerprint density at radius 1 is 1.25 bits per heavy atom. The Balaban J connectivity index is 2.58. The summed E-state index contributed by atoms with van der Waals surface area (Å²) in [5.74, 6) is 1.04. The van der Waals surface area contributed by atoms with Gasteiger partial charge in [-0.25, -0.2) is 0 Å². The van der Waals surface area contributed by atoms with Gasteiger partial charge in [0.1, 0.15) is 0 Å². The van der Waals surface area contributed by atoms with Crippen molar-refractivity contribution in [2.75, 3.05) is 5.73 Å². The first kappa shape index (κ1) is 11.3. The molecule has 84 valence electrons. The van der Waals surface area contributed by atoms with E-state index in [9.17, 15) is 0 Å². The van der Waals surface area contributed by atoms with Gasteiger partial charge in [0, 0.05) is 21.2 Å². The molecule has 0 saturated carbocycles. The first-order valence-electron chi connectivity index (χ1n) is 4.82. The summed E-state index contributed by atoms with van der Waals surface area (Å²) in [7, 11) is 0. The Morgan fingerprint density at radius 2 is 1.88 bits per heavy atom. The zero-order valence-corrected chi connectivity index (χ0v) is 10.1. The van der Waals surface area contributed by atoms with Crippen LogP contribution in [-0.2, 0) is 6.42 Å². The lowest BCUT2D eigenvalue weighted by atomic mass is 10.1. The predicted octanol–water partition coefficient (Wildman–Crippen LogP) is 3.79. The fourth-order valence-corrected chi connectivity index (χ4v) is 2.10. The number of benzene rings is 1. The lowest BCUT2D eigenvalue weighted by molar-refractivity contribution is 0.435. The Labute approximate surface area is 103 Å². The Bertz CT molecular complexity index is 502. The van der Waals surface area contributed by atoms with Crippen molar-refractivity contribution in [3.63, 3.8) is 0 Å². The van der Waals surface area contributed by atoms with Gasteiger partial charge in [0.15, 0.2) is 11.6 Å². The van der Waals surface area contributed by atoms with E-state index in [-0.39, 0.29) is 0 Å². The number of hydrogen-bond acceptors (Lipinski definition) is 3. The maximum atomic E-state index is 5.92. The molecule has 0 saturated heterocycles. The molecular weight excluding hydrogens is 247 g/mol. The topological polar surface area (TPSA) is 52.0 Å². The van der Waals surface area contributed by atoms with Gasteiger partial charge in [-0.1, -0.05) is 35.3 Å². The first-order valence-corrected chi connectivity index (χ1v) is 5.58. The van der Waals surface area contributed by atoms with E-state index < -0.39 is 0 Å². The van der Waals surface area contributed by atoms with Crippen LogP contribution in [-0.4, -0.2) is 5.16 Å². The highest BCUT2D eigenvalue weighted by Crippen LogP contribution is 2.32. The Hall–Kier alpha value is -1.19. The van der Waals surface area contributed by atoms with Crippen molar-refractivity contribution in [2.24, 2.45) is 0 Å². The number of anilines is 1. The van der Waals surface area contributed by atoms with E-state index >= 15 is 0 Å². The first-order chi connectivity index (χ1) is 7.61. The molecule has 3 nitrogen and oxygen atoms in total. The molecular formula is C11H10Cl2N2O. The van der Waals surface area contributed by atoms with Crippen LogP contribution in [0.4, 0.5) is 5.82 Å². The molecule has 0 aliphatic heterocycles. The van der Waals surface area contributed by atoms with E-state index in [0.29, 0.717) is 21.6 Å². The summed E-state index contributed by atoms with van der Waals surface area (Å²) in [6.07, 6.45) is 0.745. The van der Waals surface area contributed by atoms with Crippen LogP contribution in [0.3, 0.4) is 0 Å². The summed E-state index contributed by atoms with van der Waals surface area (Å²) in [5.41, 5.74) is 7.36. The summed E-state index contributed by atoms with van der Waals surface area (Å²) in [6.45, 7) is 1.98. The van der Waals surface area contributed by atoms with Gasteiger partial charge >= 0.3 is 0 Å². The largest absolute Gasteiger partial charge is 0.381 e. The zero-order chi connectivity index (χ0) is 11.7. The van der Waals surface area contributed by atoms with Crippen molar-refractivity contribution in [1.29, 1.82) is 0 Å². The smallest absolute Gasteiger partial charge is 0.172 e. The van der Waals surface area contributed by atoms with Crippen LogP contribution >= 0.6 is 23.2 Å². The summed E-state index contributed by atoms with van der Waals surface area (Å²) in [5, 5.41) is 4.85. The highest BCUT2D eigenvalue weighted by molar-refractivity contribution is 6.35. The molecule has 1 aromatic carbocycles. The maximum Gasteiger partial charge on any atom is 0.172 e. The molecule has 2 N–H and O–H groups in total. The summed E-state index contributed by atoms with van der Waals surface area (Å²) in [6, 6.07) is 5.21. The summed E-state index contributed by atoms with van der Waals surface area (Å²) in [4.78, 5) is 0. The predicted molar refractivity (Wildman–Crippen MR) is 65.7 cm³/mol. The molecule has 16 heavy (non-hydrogen) atoms. The second-order valence-corrected chi connectivity index (χ2v) is 4.26. The second-order valence-electron chi connectivity index (χ2n) is 3.39. The van der Waals surface area contributed by atoms with Gasteiger partial charge in [0.05, 0.1) is 0 Å². The van der Waals surface area contributed by atoms with Crippen molar-refractivity contribution in [1.82, 2.24) is 5.16 Å². The van der Waals surface area contributed by atoms with Crippen LogP contribution in [0.5, 0.6) is 0 Å². The summed E-state index contributed by atoms with van der Waals surface area (Å²) < 4.78 is 5.19. The minimum Gasteiger partial charge on any atom is -0.381 e. The Morgan fingerprint density at radius 3 is 2.44 bits per heavy atom. The molecule has 0 aliphatic carbocycles. The van der Waals surface area contributed by atoms with Gasteiger partial charge < -0.3 is 10.3 Å². The highest BCUT2D eigenvalue weighted by Gasteiger charge is 2.14. The second kappa shape index (κ2) is 4.36. The molecule has 0 aliphatic rings. The van der Waals surface area contributed by atoms with Gasteiger partial charge in [-0.2, -0.15) is 0 Å². The third kappa shape index (κ3) is 2.01. The average Bonchev–Trinajstić information content (AvgIpc) is 2.58. The molecule has 0 atom stereocenters. The highest BCUT2D eigenvalue weighted by atomic mass is 35.5. The molecule has 0 unspecified atom stereocenters. The van der Waals surface area contributed by atoms with Crippen molar-refractivity contribution in [3.05, 3.63) is 33.8 Å². The minimum atomic E-state index is 0.411. The third-order valence-corrected chi connectivity index (χ3v) is 2.73. The van der Waals surface area contributed by atoms with E-state index in [0.717, 1.165) is 17.5 Å². The van der Waals surface area contributed by atoms with Crippen LogP contribution in [0, 0.1) is 0 Å². The number of hydrogen-bond donors (Lipinski definition) is 1. The van der Waals surface area contributed by atoms with E-state index in [1.165, 1.54) is 0 Å². The molecule has 0 amide bonds. The van der Waals surface area contributed by atoms with E-state index in [1.54, 1.807) is 18.2 Å². The van der Waals surface area contributed by atoms with E-state index in [4.69, 9.17) is 33.5 Å². The van der Waals surface area contributed by atoms with Crippen LogP contribution in [0.2, 0.25) is 10.0 Å². The number of halogens is 2. The van der Waals surface area contributed by atoms with Crippen LogP contribution < -0.4 is 5.73 Å². The molecule has 0 fully saturated rings.